The number of nitrogens with one attached hydrogen (secondary N) is 1. The summed E-state index contributed by atoms with van der Waals surface area (Å²) in [7, 11) is 3.57. The lowest BCUT2D eigenvalue weighted by molar-refractivity contribution is -0.130. The molecule has 0 spiro atoms. The predicted octanol–water partition coefficient (Wildman–Crippen LogP) is -0.615. The first kappa shape index (κ1) is 13.4. The van der Waals surface area contributed by atoms with Crippen molar-refractivity contribution in [2.75, 3.05) is 53.4 Å². The standard InChI is InChI=1S/C11H23N3O2/c1-4-14(9-11(15)13(2)3)8-10-7-12-5-6-16-10/h10,12H,4-9H2,1-3H3. The highest BCUT2D eigenvalue weighted by molar-refractivity contribution is 5.77. The Morgan fingerprint density at radius 2 is 2.25 bits per heavy atom. The fourth-order valence-electron chi connectivity index (χ4n) is 1.66. The third kappa shape index (κ3) is 4.47. The Morgan fingerprint density at radius 1 is 1.50 bits per heavy atom. The lowest BCUT2D eigenvalue weighted by Crippen LogP contribution is -2.47. The van der Waals surface area contributed by atoms with Crippen molar-refractivity contribution in [3.05, 3.63) is 0 Å². The fourth-order valence-corrected chi connectivity index (χ4v) is 1.66. The molecular weight excluding hydrogens is 206 g/mol. The van der Waals surface area contributed by atoms with Crippen LogP contribution in [0.15, 0.2) is 0 Å². The molecule has 0 bridgehead atoms. The van der Waals surface area contributed by atoms with Crippen LogP contribution in [-0.2, 0) is 9.53 Å². The van der Waals surface area contributed by atoms with E-state index in [1.807, 2.05) is 0 Å². The minimum atomic E-state index is 0.144. The zero-order valence-corrected chi connectivity index (χ0v) is 10.5. The molecule has 1 saturated heterocycles. The predicted molar refractivity (Wildman–Crippen MR) is 63.4 cm³/mol. The van der Waals surface area contributed by atoms with Gasteiger partial charge >= 0.3 is 0 Å². The number of carbonyl (C=O) groups is 1. The molecule has 1 unspecified atom stereocenters. The molecule has 1 heterocycles. The van der Waals surface area contributed by atoms with Crippen LogP contribution in [0, 0.1) is 0 Å². The molecule has 0 saturated carbocycles. The second-order valence-corrected chi connectivity index (χ2v) is 4.31. The Labute approximate surface area is 97.7 Å². The SMILES string of the molecule is CCN(CC(=O)N(C)C)CC1CNCCO1. The van der Waals surface area contributed by atoms with Crippen LogP contribution in [0.2, 0.25) is 0 Å². The van der Waals surface area contributed by atoms with Gasteiger partial charge in [0.1, 0.15) is 0 Å². The van der Waals surface area contributed by atoms with Gasteiger partial charge in [0.2, 0.25) is 5.91 Å². The number of hydrogen-bond acceptors (Lipinski definition) is 4. The summed E-state index contributed by atoms with van der Waals surface area (Å²) in [5, 5.41) is 3.29. The van der Waals surface area contributed by atoms with E-state index in [-0.39, 0.29) is 12.0 Å². The lowest BCUT2D eigenvalue weighted by Gasteiger charge is -2.29. The Balaban J connectivity index is 2.32. The van der Waals surface area contributed by atoms with Crippen molar-refractivity contribution in [1.29, 1.82) is 0 Å². The van der Waals surface area contributed by atoms with E-state index in [0.29, 0.717) is 6.54 Å². The maximum absolute atomic E-state index is 11.6. The molecule has 1 amide bonds. The fraction of sp³-hybridized carbons (Fsp3) is 0.909. The Hall–Kier alpha value is -0.650. The molecule has 94 valence electrons. The Kier molecular flexibility index (Phi) is 5.73. The Bertz CT molecular complexity index is 215. The van der Waals surface area contributed by atoms with Crippen LogP contribution in [0.1, 0.15) is 6.92 Å². The summed E-state index contributed by atoms with van der Waals surface area (Å²) in [6.07, 6.45) is 0.212. The molecule has 0 aliphatic carbocycles. The van der Waals surface area contributed by atoms with Gasteiger partial charge in [-0.3, -0.25) is 9.69 Å². The van der Waals surface area contributed by atoms with E-state index < -0.39 is 0 Å². The van der Waals surface area contributed by atoms with Gasteiger partial charge in [-0.05, 0) is 6.54 Å². The molecule has 5 heteroatoms. The zero-order valence-electron chi connectivity index (χ0n) is 10.5. The molecule has 5 nitrogen and oxygen atoms in total. The van der Waals surface area contributed by atoms with Gasteiger partial charge in [0.05, 0.1) is 19.3 Å². The highest BCUT2D eigenvalue weighted by Crippen LogP contribution is 2.00. The molecule has 1 rings (SSSR count). The smallest absolute Gasteiger partial charge is 0.236 e. The van der Waals surface area contributed by atoms with Crippen LogP contribution in [0.5, 0.6) is 0 Å². The normalized spacial score (nSPS) is 21.1. The van der Waals surface area contributed by atoms with Crippen molar-refractivity contribution in [3.8, 4) is 0 Å². The lowest BCUT2D eigenvalue weighted by atomic mass is 10.2. The molecule has 0 aromatic heterocycles. The third-order valence-corrected chi connectivity index (χ3v) is 2.77. The van der Waals surface area contributed by atoms with Crippen molar-refractivity contribution < 1.29 is 9.53 Å². The summed E-state index contributed by atoms with van der Waals surface area (Å²) in [6.45, 7) is 6.82. The maximum atomic E-state index is 11.6. The van der Waals surface area contributed by atoms with Crippen molar-refractivity contribution in [2.24, 2.45) is 0 Å². The maximum Gasteiger partial charge on any atom is 0.236 e. The minimum absolute atomic E-state index is 0.144. The van der Waals surface area contributed by atoms with Gasteiger partial charge < -0.3 is 15.0 Å². The second-order valence-electron chi connectivity index (χ2n) is 4.31. The summed E-state index contributed by atoms with van der Waals surface area (Å²) >= 11 is 0. The molecule has 1 atom stereocenters. The molecule has 1 aliphatic heterocycles. The summed E-state index contributed by atoms with van der Waals surface area (Å²) in [5.41, 5.74) is 0. The number of likely N-dealkylation sites (N-methyl/N-ethyl adjacent to an activating group) is 2. The number of carbonyl (C=O) groups excluding carboxylic acids is 1. The van der Waals surface area contributed by atoms with E-state index >= 15 is 0 Å². The average Bonchev–Trinajstić information content (AvgIpc) is 2.29. The first-order valence-corrected chi connectivity index (χ1v) is 5.88. The summed E-state index contributed by atoms with van der Waals surface area (Å²) in [5.74, 6) is 0.144. The highest BCUT2D eigenvalue weighted by Gasteiger charge is 2.18. The van der Waals surface area contributed by atoms with Gasteiger partial charge in [-0.25, -0.2) is 0 Å². The number of amides is 1. The molecule has 16 heavy (non-hydrogen) atoms. The van der Waals surface area contributed by atoms with Crippen molar-refractivity contribution in [3.63, 3.8) is 0 Å². The number of morpholine rings is 1. The second kappa shape index (κ2) is 6.83. The van der Waals surface area contributed by atoms with Gasteiger partial charge in [-0.1, -0.05) is 6.92 Å². The summed E-state index contributed by atoms with van der Waals surface area (Å²) in [6, 6.07) is 0. The number of rotatable bonds is 5. The van der Waals surface area contributed by atoms with Crippen molar-refractivity contribution in [1.82, 2.24) is 15.1 Å². The van der Waals surface area contributed by atoms with Crippen LogP contribution in [-0.4, -0.2) is 75.2 Å². The molecule has 0 radical (unpaired) electrons. The van der Waals surface area contributed by atoms with E-state index in [4.69, 9.17) is 4.74 Å². The Morgan fingerprint density at radius 3 is 2.75 bits per heavy atom. The minimum Gasteiger partial charge on any atom is -0.374 e. The van der Waals surface area contributed by atoms with Crippen molar-refractivity contribution >= 4 is 5.91 Å². The highest BCUT2D eigenvalue weighted by atomic mass is 16.5. The first-order chi connectivity index (χ1) is 7.63. The topological polar surface area (TPSA) is 44.8 Å². The molecule has 0 aromatic rings. The third-order valence-electron chi connectivity index (χ3n) is 2.77. The monoisotopic (exact) mass is 229 g/mol. The van der Waals surface area contributed by atoms with Gasteiger partial charge in [0, 0.05) is 33.7 Å². The summed E-state index contributed by atoms with van der Waals surface area (Å²) in [4.78, 5) is 15.3. The van der Waals surface area contributed by atoms with E-state index in [1.165, 1.54) is 0 Å². The van der Waals surface area contributed by atoms with Gasteiger partial charge in [-0.15, -0.1) is 0 Å². The quantitative estimate of drug-likeness (QED) is 0.683. The van der Waals surface area contributed by atoms with E-state index in [9.17, 15) is 4.79 Å². The van der Waals surface area contributed by atoms with E-state index in [2.05, 4.69) is 17.1 Å². The van der Waals surface area contributed by atoms with Gasteiger partial charge in [-0.2, -0.15) is 0 Å². The number of ether oxygens (including phenoxy) is 1. The van der Waals surface area contributed by atoms with Crippen LogP contribution >= 0.6 is 0 Å². The molecule has 1 fully saturated rings. The van der Waals surface area contributed by atoms with Crippen LogP contribution in [0.25, 0.3) is 0 Å². The van der Waals surface area contributed by atoms with Crippen molar-refractivity contribution in [2.45, 2.75) is 13.0 Å². The largest absolute Gasteiger partial charge is 0.374 e. The van der Waals surface area contributed by atoms with E-state index in [0.717, 1.165) is 32.8 Å². The molecule has 1 aliphatic rings. The van der Waals surface area contributed by atoms with Crippen LogP contribution < -0.4 is 5.32 Å². The van der Waals surface area contributed by atoms with E-state index in [1.54, 1.807) is 19.0 Å². The molecule has 0 aromatic carbocycles. The molecular formula is C11H23N3O2. The van der Waals surface area contributed by atoms with Crippen LogP contribution in [0.3, 0.4) is 0 Å². The molecule has 1 N–H and O–H groups in total. The van der Waals surface area contributed by atoms with Gasteiger partial charge in [0.25, 0.3) is 0 Å². The number of nitrogens with zero attached hydrogens (tertiary/aromatic N) is 2. The summed E-state index contributed by atoms with van der Waals surface area (Å²) < 4.78 is 5.62. The number of hydrogen-bond donors (Lipinski definition) is 1. The zero-order chi connectivity index (χ0) is 12.0. The first-order valence-electron chi connectivity index (χ1n) is 5.88. The van der Waals surface area contributed by atoms with Gasteiger partial charge in [0.15, 0.2) is 0 Å². The van der Waals surface area contributed by atoms with Crippen LogP contribution in [0.4, 0.5) is 0 Å². The average molecular weight is 229 g/mol.